The predicted molar refractivity (Wildman–Crippen MR) is 54.1 cm³/mol. The van der Waals surface area contributed by atoms with Crippen molar-refractivity contribution in [3.8, 4) is 0 Å². The van der Waals surface area contributed by atoms with Crippen LogP contribution in [0.3, 0.4) is 0 Å². The fraction of sp³-hybridized carbons (Fsp3) is 0.556. The Morgan fingerprint density at radius 2 is 2.29 bits per heavy atom. The molecule has 1 amide bonds. The van der Waals surface area contributed by atoms with Gasteiger partial charge in [0.2, 0.25) is 0 Å². The Balaban J connectivity index is 2.98. The van der Waals surface area contributed by atoms with Crippen LogP contribution in [0.25, 0.3) is 0 Å². The zero-order chi connectivity index (χ0) is 10.7. The molecule has 1 atom stereocenters. The van der Waals surface area contributed by atoms with Gasteiger partial charge in [-0.05, 0) is 14.0 Å². The van der Waals surface area contributed by atoms with Gasteiger partial charge in [-0.25, -0.2) is 4.98 Å². The number of nitrogens with one attached hydrogen (secondary N) is 2. The van der Waals surface area contributed by atoms with Gasteiger partial charge in [0.05, 0.1) is 12.0 Å². The average molecular weight is 196 g/mol. The normalized spacial score (nSPS) is 12.6. The number of hydrogen-bond acceptors (Lipinski definition) is 3. The van der Waals surface area contributed by atoms with Gasteiger partial charge < -0.3 is 15.2 Å². The molecule has 0 fully saturated rings. The van der Waals surface area contributed by atoms with Gasteiger partial charge in [-0.2, -0.15) is 0 Å². The zero-order valence-corrected chi connectivity index (χ0v) is 8.96. The SMILES string of the molecule is CN[C@H](C)c1[nH]cnc1C(=O)N(C)C. The molecule has 0 saturated carbocycles. The molecule has 0 aromatic carbocycles. The van der Waals surface area contributed by atoms with Crippen molar-refractivity contribution in [2.45, 2.75) is 13.0 Å². The van der Waals surface area contributed by atoms with E-state index in [0.29, 0.717) is 5.69 Å². The second-order valence-corrected chi connectivity index (χ2v) is 3.37. The van der Waals surface area contributed by atoms with E-state index >= 15 is 0 Å². The van der Waals surface area contributed by atoms with E-state index in [1.807, 2.05) is 14.0 Å². The Hall–Kier alpha value is -1.36. The lowest BCUT2D eigenvalue weighted by Gasteiger charge is -2.13. The summed E-state index contributed by atoms with van der Waals surface area (Å²) < 4.78 is 0. The van der Waals surface area contributed by atoms with E-state index in [2.05, 4.69) is 15.3 Å². The highest BCUT2D eigenvalue weighted by molar-refractivity contribution is 5.93. The van der Waals surface area contributed by atoms with Gasteiger partial charge in [0.25, 0.3) is 5.91 Å². The summed E-state index contributed by atoms with van der Waals surface area (Å²) in [6.45, 7) is 1.97. The van der Waals surface area contributed by atoms with Crippen molar-refractivity contribution < 1.29 is 4.79 Å². The summed E-state index contributed by atoms with van der Waals surface area (Å²) >= 11 is 0. The number of aromatic amines is 1. The van der Waals surface area contributed by atoms with Crippen molar-refractivity contribution in [2.75, 3.05) is 21.1 Å². The number of carbonyl (C=O) groups is 1. The van der Waals surface area contributed by atoms with Crippen LogP contribution in [0.5, 0.6) is 0 Å². The lowest BCUT2D eigenvalue weighted by atomic mass is 10.2. The van der Waals surface area contributed by atoms with E-state index in [1.54, 1.807) is 20.4 Å². The summed E-state index contributed by atoms with van der Waals surface area (Å²) in [5, 5.41) is 3.06. The molecule has 1 aromatic heterocycles. The van der Waals surface area contributed by atoms with E-state index in [-0.39, 0.29) is 11.9 Å². The predicted octanol–water partition coefficient (Wildman–Crippen LogP) is 0.392. The molecule has 0 aliphatic rings. The number of amides is 1. The molecular weight excluding hydrogens is 180 g/mol. The van der Waals surface area contributed by atoms with Crippen LogP contribution in [0.4, 0.5) is 0 Å². The Morgan fingerprint density at radius 3 is 2.79 bits per heavy atom. The lowest BCUT2D eigenvalue weighted by Crippen LogP contribution is -2.25. The maximum Gasteiger partial charge on any atom is 0.273 e. The minimum absolute atomic E-state index is 0.0802. The molecule has 1 aromatic rings. The molecular formula is C9H16N4O. The molecule has 14 heavy (non-hydrogen) atoms. The topological polar surface area (TPSA) is 61.0 Å². The summed E-state index contributed by atoms with van der Waals surface area (Å²) in [6.07, 6.45) is 1.54. The number of H-pyrrole nitrogens is 1. The molecule has 1 heterocycles. The number of carbonyl (C=O) groups excluding carboxylic acids is 1. The van der Waals surface area contributed by atoms with Crippen molar-refractivity contribution >= 4 is 5.91 Å². The standard InChI is InChI=1S/C9H16N4O/c1-6(10-2)7-8(12-5-11-7)9(14)13(3)4/h5-6,10H,1-4H3,(H,11,12)/t6-/m1/s1. The first kappa shape index (κ1) is 10.7. The minimum Gasteiger partial charge on any atom is -0.347 e. The van der Waals surface area contributed by atoms with Crippen LogP contribution in [-0.2, 0) is 0 Å². The third-order valence-corrected chi connectivity index (χ3v) is 2.14. The van der Waals surface area contributed by atoms with Crippen molar-refractivity contribution in [1.29, 1.82) is 0 Å². The average Bonchev–Trinajstić information content (AvgIpc) is 2.63. The Kier molecular flexibility index (Phi) is 3.24. The first-order chi connectivity index (χ1) is 6.57. The van der Waals surface area contributed by atoms with Gasteiger partial charge in [0.1, 0.15) is 0 Å². The maximum atomic E-state index is 11.7. The fourth-order valence-corrected chi connectivity index (χ4v) is 1.16. The molecule has 0 unspecified atom stereocenters. The van der Waals surface area contributed by atoms with Crippen LogP contribution in [0.15, 0.2) is 6.33 Å². The molecule has 0 aliphatic heterocycles. The molecule has 5 nitrogen and oxygen atoms in total. The summed E-state index contributed by atoms with van der Waals surface area (Å²) in [5.74, 6) is -0.0802. The molecule has 2 N–H and O–H groups in total. The second-order valence-electron chi connectivity index (χ2n) is 3.37. The van der Waals surface area contributed by atoms with E-state index in [4.69, 9.17) is 0 Å². The molecule has 0 spiro atoms. The van der Waals surface area contributed by atoms with Gasteiger partial charge >= 0.3 is 0 Å². The number of aromatic nitrogens is 2. The van der Waals surface area contributed by atoms with Crippen LogP contribution in [0.1, 0.15) is 29.1 Å². The van der Waals surface area contributed by atoms with Crippen LogP contribution in [0.2, 0.25) is 0 Å². The van der Waals surface area contributed by atoms with Gasteiger partial charge in [-0.1, -0.05) is 0 Å². The summed E-state index contributed by atoms with van der Waals surface area (Å²) in [6, 6.07) is 0.0939. The van der Waals surface area contributed by atoms with E-state index in [0.717, 1.165) is 5.69 Å². The van der Waals surface area contributed by atoms with Gasteiger partial charge in [-0.3, -0.25) is 4.79 Å². The van der Waals surface area contributed by atoms with Crippen molar-refractivity contribution in [2.24, 2.45) is 0 Å². The number of imidazole rings is 1. The first-order valence-electron chi connectivity index (χ1n) is 4.50. The van der Waals surface area contributed by atoms with Gasteiger partial charge in [0.15, 0.2) is 5.69 Å². The molecule has 0 aliphatic carbocycles. The summed E-state index contributed by atoms with van der Waals surface area (Å²) in [5.41, 5.74) is 1.31. The largest absolute Gasteiger partial charge is 0.347 e. The number of nitrogens with zero attached hydrogens (tertiary/aromatic N) is 2. The second kappa shape index (κ2) is 4.23. The van der Waals surface area contributed by atoms with Crippen molar-refractivity contribution in [1.82, 2.24) is 20.2 Å². The van der Waals surface area contributed by atoms with Gasteiger partial charge in [0, 0.05) is 20.1 Å². The van der Waals surface area contributed by atoms with E-state index in [1.165, 1.54) is 4.90 Å². The van der Waals surface area contributed by atoms with Crippen molar-refractivity contribution in [3.63, 3.8) is 0 Å². The smallest absolute Gasteiger partial charge is 0.273 e. The van der Waals surface area contributed by atoms with Crippen LogP contribution in [-0.4, -0.2) is 41.9 Å². The van der Waals surface area contributed by atoms with E-state index in [9.17, 15) is 4.79 Å². The third kappa shape index (κ3) is 1.93. The van der Waals surface area contributed by atoms with Crippen LogP contribution >= 0.6 is 0 Å². The van der Waals surface area contributed by atoms with Crippen molar-refractivity contribution in [3.05, 3.63) is 17.7 Å². The molecule has 1 rings (SSSR count). The number of rotatable bonds is 3. The summed E-state index contributed by atoms with van der Waals surface area (Å²) in [4.78, 5) is 20.2. The fourth-order valence-electron chi connectivity index (χ4n) is 1.16. The molecule has 78 valence electrons. The third-order valence-electron chi connectivity index (χ3n) is 2.14. The molecule has 5 heteroatoms. The van der Waals surface area contributed by atoms with Gasteiger partial charge in [-0.15, -0.1) is 0 Å². The highest BCUT2D eigenvalue weighted by atomic mass is 16.2. The van der Waals surface area contributed by atoms with Crippen LogP contribution < -0.4 is 5.32 Å². The van der Waals surface area contributed by atoms with Crippen LogP contribution in [0, 0.1) is 0 Å². The molecule has 0 saturated heterocycles. The highest BCUT2D eigenvalue weighted by Gasteiger charge is 2.19. The maximum absolute atomic E-state index is 11.7. The molecule has 0 radical (unpaired) electrons. The highest BCUT2D eigenvalue weighted by Crippen LogP contribution is 2.13. The minimum atomic E-state index is -0.0802. The Bertz CT molecular complexity index is 318. The first-order valence-corrected chi connectivity index (χ1v) is 4.50. The molecule has 0 bridgehead atoms. The summed E-state index contributed by atoms with van der Waals surface area (Å²) in [7, 11) is 5.27. The Morgan fingerprint density at radius 1 is 1.64 bits per heavy atom. The lowest BCUT2D eigenvalue weighted by molar-refractivity contribution is 0.0820. The zero-order valence-electron chi connectivity index (χ0n) is 8.96. The number of hydrogen-bond donors (Lipinski definition) is 2. The quantitative estimate of drug-likeness (QED) is 0.735. The van der Waals surface area contributed by atoms with E-state index < -0.39 is 0 Å². The monoisotopic (exact) mass is 196 g/mol. The Labute approximate surface area is 83.5 Å².